The molecular weight excluding hydrogens is 406 g/mol. The lowest BCUT2D eigenvalue weighted by Crippen LogP contribution is -3.14. The van der Waals surface area contributed by atoms with Crippen molar-refractivity contribution in [1.29, 1.82) is 0 Å². The summed E-state index contributed by atoms with van der Waals surface area (Å²) in [4.78, 5) is 1.65. The summed E-state index contributed by atoms with van der Waals surface area (Å²) in [5, 5.41) is 11.9. The number of ether oxygens (including phenoxy) is 1. The zero-order valence-electron chi connectivity index (χ0n) is 19.1. The lowest BCUT2D eigenvalue weighted by Gasteiger charge is -2.49. The molecule has 4 rings (SSSR count). The molecule has 0 aromatic heterocycles. The van der Waals surface area contributed by atoms with Crippen LogP contribution in [-0.2, 0) is 10.3 Å². The molecule has 1 spiro atoms. The molecular formula is C27H38ClNO2. The van der Waals surface area contributed by atoms with Crippen molar-refractivity contribution >= 4 is 0 Å². The zero-order valence-corrected chi connectivity index (χ0v) is 19.8. The first-order valence-electron chi connectivity index (χ1n) is 11.8. The van der Waals surface area contributed by atoms with Crippen LogP contribution in [0.3, 0.4) is 0 Å². The van der Waals surface area contributed by atoms with Gasteiger partial charge in [-0.15, -0.1) is 0 Å². The molecule has 31 heavy (non-hydrogen) atoms. The molecule has 3 atom stereocenters. The predicted molar refractivity (Wildman–Crippen MR) is 122 cm³/mol. The van der Waals surface area contributed by atoms with Gasteiger partial charge in [-0.1, -0.05) is 67.6 Å². The molecule has 3 unspecified atom stereocenters. The molecule has 2 heterocycles. The average molecular weight is 444 g/mol. The Morgan fingerprint density at radius 2 is 1.61 bits per heavy atom. The van der Waals surface area contributed by atoms with Gasteiger partial charge in [0, 0.05) is 18.4 Å². The number of aliphatic hydroxyl groups is 1. The van der Waals surface area contributed by atoms with E-state index < -0.39 is 5.60 Å². The molecule has 2 aromatic rings. The van der Waals surface area contributed by atoms with E-state index in [-0.39, 0.29) is 18.0 Å². The van der Waals surface area contributed by atoms with Gasteiger partial charge >= 0.3 is 0 Å². The predicted octanol–water partition coefficient (Wildman–Crippen LogP) is 0.961. The van der Waals surface area contributed by atoms with Crippen LogP contribution >= 0.6 is 0 Å². The summed E-state index contributed by atoms with van der Waals surface area (Å²) >= 11 is 0. The zero-order chi connectivity index (χ0) is 21.1. The van der Waals surface area contributed by atoms with E-state index in [4.69, 9.17) is 4.74 Å². The molecule has 3 nitrogen and oxygen atoms in total. The number of hydrogen-bond donors (Lipinski definition) is 2. The van der Waals surface area contributed by atoms with E-state index in [1.54, 1.807) is 4.90 Å². The van der Waals surface area contributed by atoms with Crippen molar-refractivity contribution in [3.63, 3.8) is 0 Å². The summed E-state index contributed by atoms with van der Waals surface area (Å²) in [7, 11) is 0. The first-order chi connectivity index (χ1) is 14.5. The van der Waals surface area contributed by atoms with E-state index in [1.807, 2.05) is 36.4 Å². The topological polar surface area (TPSA) is 33.9 Å². The summed E-state index contributed by atoms with van der Waals surface area (Å²) in [6, 6.07) is 20.4. The van der Waals surface area contributed by atoms with Crippen molar-refractivity contribution in [1.82, 2.24) is 0 Å². The van der Waals surface area contributed by atoms with Crippen molar-refractivity contribution in [3.05, 3.63) is 71.8 Å². The van der Waals surface area contributed by atoms with Crippen molar-refractivity contribution in [2.45, 2.75) is 63.6 Å². The highest BCUT2D eigenvalue weighted by molar-refractivity contribution is 5.35. The Labute approximate surface area is 194 Å². The van der Waals surface area contributed by atoms with Crippen LogP contribution in [0.25, 0.3) is 0 Å². The van der Waals surface area contributed by atoms with E-state index in [0.29, 0.717) is 5.41 Å². The molecule has 0 amide bonds. The van der Waals surface area contributed by atoms with Gasteiger partial charge in [0.25, 0.3) is 0 Å². The number of rotatable bonds is 6. The van der Waals surface area contributed by atoms with Gasteiger partial charge in [0.2, 0.25) is 0 Å². The molecule has 2 aliphatic rings. The Morgan fingerprint density at radius 3 is 2.19 bits per heavy atom. The molecule has 0 bridgehead atoms. The van der Waals surface area contributed by atoms with Crippen LogP contribution in [0.4, 0.5) is 0 Å². The van der Waals surface area contributed by atoms with E-state index in [2.05, 4.69) is 38.1 Å². The Hall–Kier alpha value is -1.39. The van der Waals surface area contributed by atoms with E-state index >= 15 is 0 Å². The van der Waals surface area contributed by atoms with E-state index in [9.17, 15) is 5.11 Å². The average Bonchev–Trinajstić information content (AvgIpc) is 2.79. The Balaban J connectivity index is 0.00000272. The third-order valence-corrected chi connectivity index (χ3v) is 7.79. The molecule has 4 heteroatoms. The van der Waals surface area contributed by atoms with Crippen molar-refractivity contribution < 1.29 is 27.2 Å². The number of hydrogen-bond acceptors (Lipinski definition) is 2. The van der Waals surface area contributed by atoms with Gasteiger partial charge in [-0.05, 0) is 50.2 Å². The number of likely N-dealkylation sites (tertiary alicyclic amines) is 1. The number of nitrogens with one attached hydrogen (secondary N) is 1. The summed E-state index contributed by atoms with van der Waals surface area (Å²) in [5.74, 6) is 0. The summed E-state index contributed by atoms with van der Waals surface area (Å²) in [5.41, 5.74) is 1.50. The highest BCUT2D eigenvalue weighted by atomic mass is 35.5. The fourth-order valence-electron chi connectivity index (χ4n) is 5.91. The first kappa shape index (κ1) is 24.3. The van der Waals surface area contributed by atoms with Crippen LogP contribution in [0.1, 0.15) is 63.5 Å². The summed E-state index contributed by atoms with van der Waals surface area (Å²) < 4.78 is 6.16. The Bertz CT molecular complexity index is 771. The van der Waals surface area contributed by atoms with Gasteiger partial charge in [-0.3, -0.25) is 0 Å². The fraction of sp³-hybridized carbons (Fsp3) is 0.556. The maximum atomic E-state index is 11.9. The lowest BCUT2D eigenvalue weighted by molar-refractivity contribution is -0.914. The van der Waals surface area contributed by atoms with Crippen LogP contribution in [0.2, 0.25) is 0 Å². The molecule has 2 N–H and O–H groups in total. The lowest BCUT2D eigenvalue weighted by atomic mass is 9.68. The van der Waals surface area contributed by atoms with Crippen LogP contribution in [0.15, 0.2) is 60.7 Å². The van der Waals surface area contributed by atoms with E-state index in [1.165, 1.54) is 38.8 Å². The second kappa shape index (κ2) is 10.0. The first-order valence-corrected chi connectivity index (χ1v) is 11.8. The molecule has 2 saturated heterocycles. The minimum Gasteiger partial charge on any atom is -1.00 e. The van der Waals surface area contributed by atoms with Gasteiger partial charge < -0.3 is 27.2 Å². The van der Waals surface area contributed by atoms with Crippen LogP contribution < -0.4 is 17.3 Å². The Morgan fingerprint density at radius 1 is 1.00 bits per heavy atom. The van der Waals surface area contributed by atoms with Gasteiger partial charge in [-0.2, -0.15) is 0 Å². The van der Waals surface area contributed by atoms with Crippen LogP contribution in [-0.4, -0.2) is 36.9 Å². The number of piperidine rings is 1. The molecule has 0 aliphatic carbocycles. The van der Waals surface area contributed by atoms with Crippen molar-refractivity contribution in [2.75, 3.05) is 26.2 Å². The van der Waals surface area contributed by atoms with Crippen molar-refractivity contribution in [2.24, 2.45) is 5.41 Å². The molecule has 2 aliphatic heterocycles. The number of quaternary nitrogens is 1. The van der Waals surface area contributed by atoms with E-state index in [0.717, 1.165) is 37.1 Å². The standard InChI is InChI=1S/C27H37NO2.ClH/c1-3-25(2)21-26(17-20-30-25)15-10-18-28(22-26)19-16-27(29,23-11-6-4-7-12-23)24-13-8-5-9-14-24;/h4-9,11-14,29H,3,10,15-22H2,1-2H3;1H. The SMILES string of the molecule is CCC1(C)CC2(CCC[NH+](CCC(O)(c3ccccc3)c3ccccc3)C2)CCO1.[Cl-]. The Kier molecular flexibility index (Phi) is 7.86. The minimum absolute atomic E-state index is 0. The number of halogens is 1. The summed E-state index contributed by atoms with van der Waals surface area (Å²) in [6.07, 6.45) is 6.82. The van der Waals surface area contributed by atoms with Crippen LogP contribution in [0.5, 0.6) is 0 Å². The largest absolute Gasteiger partial charge is 1.00 e. The maximum absolute atomic E-state index is 11.9. The van der Waals surface area contributed by atoms with Crippen molar-refractivity contribution in [3.8, 4) is 0 Å². The second-order valence-electron chi connectivity index (χ2n) is 9.95. The third kappa shape index (κ3) is 5.34. The van der Waals surface area contributed by atoms with Gasteiger partial charge in [-0.25, -0.2) is 0 Å². The summed E-state index contributed by atoms with van der Waals surface area (Å²) in [6.45, 7) is 8.87. The minimum atomic E-state index is -0.937. The molecule has 2 aromatic carbocycles. The highest BCUT2D eigenvalue weighted by Crippen LogP contribution is 2.43. The highest BCUT2D eigenvalue weighted by Gasteiger charge is 2.46. The van der Waals surface area contributed by atoms with Gasteiger partial charge in [0.15, 0.2) is 0 Å². The third-order valence-electron chi connectivity index (χ3n) is 7.79. The van der Waals surface area contributed by atoms with Crippen LogP contribution in [0, 0.1) is 5.41 Å². The monoisotopic (exact) mass is 443 g/mol. The van der Waals surface area contributed by atoms with Gasteiger partial charge in [0.05, 0.1) is 25.2 Å². The molecule has 0 radical (unpaired) electrons. The molecule has 0 saturated carbocycles. The fourth-order valence-corrected chi connectivity index (χ4v) is 5.91. The molecule has 2 fully saturated rings. The van der Waals surface area contributed by atoms with Gasteiger partial charge in [0.1, 0.15) is 5.60 Å². The quantitative estimate of drug-likeness (QED) is 0.697. The smallest absolute Gasteiger partial charge is 0.120 e. The molecule has 170 valence electrons. The maximum Gasteiger partial charge on any atom is 0.120 e. The normalized spacial score (nSPS) is 28.8. The number of benzene rings is 2. The second-order valence-corrected chi connectivity index (χ2v) is 9.95.